The van der Waals surface area contributed by atoms with Crippen LogP contribution in [-0.4, -0.2) is 42.2 Å². The van der Waals surface area contributed by atoms with Crippen LogP contribution in [0, 0.1) is 0 Å². The first kappa shape index (κ1) is 12.0. The van der Waals surface area contributed by atoms with Gasteiger partial charge in [-0.05, 0) is 12.5 Å². The van der Waals surface area contributed by atoms with Gasteiger partial charge < -0.3 is 15.4 Å². The normalized spacial score (nSPS) is 23.7. The van der Waals surface area contributed by atoms with Crippen LogP contribution in [0.3, 0.4) is 0 Å². The molecule has 1 aromatic rings. The van der Waals surface area contributed by atoms with E-state index < -0.39 is 18.6 Å². The summed E-state index contributed by atoms with van der Waals surface area (Å²) in [5.41, 5.74) is 5.50. The standard InChI is InChI=1S/C10H14F2N4O/c1-17-7-3-5-16(6-10(7,11)12)9-14-4-2-8(13)15-9/h2,4,7H,3,5-6H2,1H3,(H2,13,14,15)/t7-/m0/s1. The quantitative estimate of drug-likeness (QED) is 0.838. The molecule has 1 aliphatic rings. The summed E-state index contributed by atoms with van der Waals surface area (Å²) < 4.78 is 32.1. The summed E-state index contributed by atoms with van der Waals surface area (Å²) in [5, 5.41) is 0. The van der Waals surface area contributed by atoms with Crippen molar-refractivity contribution in [1.29, 1.82) is 0 Å². The zero-order valence-electron chi connectivity index (χ0n) is 9.44. The van der Waals surface area contributed by atoms with E-state index in [1.807, 2.05) is 0 Å². The highest BCUT2D eigenvalue weighted by atomic mass is 19.3. The predicted octanol–water partition coefficient (Wildman–Crippen LogP) is 0.919. The highest BCUT2D eigenvalue weighted by Crippen LogP contribution is 2.30. The first-order valence-corrected chi connectivity index (χ1v) is 5.27. The van der Waals surface area contributed by atoms with Crippen molar-refractivity contribution in [3.8, 4) is 0 Å². The molecule has 1 saturated heterocycles. The summed E-state index contributed by atoms with van der Waals surface area (Å²) in [6.07, 6.45) is 0.652. The molecular formula is C10H14F2N4O. The zero-order valence-corrected chi connectivity index (χ0v) is 9.44. The van der Waals surface area contributed by atoms with Gasteiger partial charge in [0.15, 0.2) is 0 Å². The molecule has 0 amide bonds. The van der Waals surface area contributed by atoms with Gasteiger partial charge in [-0.15, -0.1) is 0 Å². The summed E-state index contributed by atoms with van der Waals surface area (Å²) in [5.74, 6) is -2.40. The first-order chi connectivity index (χ1) is 8.03. The van der Waals surface area contributed by atoms with Crippen LogP contribution in [0.1, 0.15) is 6.42 Å². The van der Waals surface area contributed by atoms with E-state index in [4.69, 9.17) is 10.5 Å². The molecule has 0 spiro atoms. The molecule has 2 rings (SSSR count). The minimum atomic E-state index is -2.90. The highest BCUT2D eigenvalue weighted by Gasteiger charge is 2.45. The van der Waals surface area contributed by atoms with E-state index >= 15 is 0 Å². The number of anilines is 2. The third kappa shape index (κ3) is 2.44. The second kappa shape index (κ2) is 4.40. The van der Waals surface area contributed by atoms with Crippen LogP contribution in [0.25, 0.3) is 0 Å². The van der Waals surface area contributed by atoms with E-state index in [-0.39, 0.29) is 18.2 Å². The van der Waals surface area contributed by atoms with Gasteiger partial charge in [0, 0.05) is 19.9 Å². The Hall–Kier alpha value is -1.50. The summed E-state index contributed by atoms with van der Waals surface area (Å²) >= 11 is 0. The molecular weight excluding hydrogens is 230 g/mol. The Morgan fingerprint density at radius 2 is 2.35 bits per heavy atom. The number of nitrogens with zero attached hydrogens (tertiary/aromatic N) is 3. The van der Waals surface area contributed by atoms with Gasteiger partial charge in [-0.25, -0.2) is 13.8 Å². The fourth-order valence-electron chi connectivity index (χ4n) is 1.89. The SMILES string of the molecule is CO[C@H]1CCN(c2nccc(N)n2)CC1(F)F. The largest absolute Gasteiger partial charge is 0.384 e. The maximum absolute atomic E-state index is 13.7. The van der Waals surface area contributed by atoms with Crippen LogP contribution in [0.4, 0.5) is 20.5 Å². The average molecular weight is 244 g/mol. The Bertz CT molecular complexity index is 402. The van der Waals surface area contributed by atoms with E-state index in [2.05, 4.69) is 9.97 Å². The van der Waals surface area contributed by atoms with Gasteiger partial charge in [0.05, 0.1) is 6.54 Å². The predicted molar refractivity (Wildman–Crippen MR) is 59.0 cm³/mol. The number of nitrogen functional groups attached to an aromatic ring is 1. The number of nitrogens with two attached hydrogens (primary N) is 1. The highest BCUT2D eigenvalue weighted by molar-refractivity contribution is 5.38. The van der Waals surface area contributed by atoms with E-state index in [1.54, 1.807) is 0 Å². The molecule has 1 aromatic heterocycles. The Balaban J connectivity index is 2.15. The lowest BCUT2D eigenvalue weighted by molar-refractivity contribution is -0.129. The van der Waals surface area contributed by atoms with Crippen molar-refractivity contribution >= 4 is 11.8 Å². The number of alkyl halides is 2. The van der Waals surface area contributed by atoms with Crippen LogP contribution in [0.5, 0.6) is 0 Å². The summed E-state index contributed by atoms with van der Waals surface area (Å²) in [7, 11) is 1.30. The molecule has 1 aliphatic heterocycles. The van der Waals surface area contributed by atoms with Crippen LogP contribution in [0.15, 0.2) is 12.3 Å². The smallest absolute Gasteiger partial charge is 0.290 e. The lowest BCUT2D eigenvalue weighted by atomic mass is 10.0. The van der Waals surface area contributed by atoms with Gasteiger partial charge in [-0.1, -0.05) is 0 Å². The molecule has 7 heteroatoms. The van der Waals surface area contributed by atoms with Gasteiger partial charge in [-0.3, -0.25) is 0 Å². The summed E-state index contributed by atoms with van der Waals surface area (Å²) in [6.45, 7) is -0.0213. The number of methoxy groups -OCH3 is 1. The molecule has 2 heterocycles. The second-order valence-corrected chi connectivity index (χ2v) is 3.98. The lowest BCUT2D eigenvalue weighted by Crippen LogP contribution is -2.52. The third-order valence-corrected chi connectivity index (χ3v) is 2.77. The minimum absolute atomic E-state index is 0.235. The van der Waals surface area contributed by atoms with Crippen molar-refractivity contribution in [2.75, 3.05) is 30.8 Å². The molecule has 1 atom stereocenters. The third-order valence-electron chi connectivity index (χ3n) is 2.77. The fourth-order valence-corrected chi connectivity index (χ4v) is 1.89. The minimum Gasteiger partial charge on any atom is -0.384 e. The number of hydrogen-bond donors (Lipinski definition) is 1. The van der Waals surface area contributed by atoms with Gasteiger partial charge in [0.1, 0.15) is 11.9 Å². The second-order valence-electron chi connectivity index (χ2n) is 3.98. The average Bonchev–Trinajstić information content (AvgIpc) is 2.27. The van der Waals surface area contributed by atoms with E-state index in [0.29, 0.717) is 6.54 Å². The first-order valence-electron chi connectivity index (χ1n) is 5.27. The Kier molecular flexibility index (Phi) is 3.10. The molecule has 0 saturated carbocycles. The summed E-state index contributed by atoms with van der Waals surface area (Å²) in [4.78, 5) is 9.29. The molecule has 0 aromatic carbocycles. The van der Waals surface area contributed by atoms with Crippen LogP contribution < -0.4 is 10.6 Å². The van der Waals surface area contributed by atoms with E-state index in [9.17, 15) is 8.78 Å². The molecule has 5 nitrogen and oxygen atoms in total. The van der Waals surface area contributed by atoms with Gasteiger partial charge >= 0.3 is 0 Å². The van der Waals surface area contributed by atoms with Crippen molar-refractivity contribution in [2.45, 2.75) is 18.4 Å². The molecule has 0 unspecified atom stereocenters. The van der Waals surface area contributed by atoms with Crippen LogP contribution >= 0.6 is 0 Å². The number of aromatic nitrogens is 2. The molecule has 94 valence electrons. The number of halogens is 2. The summed E-state index contributed by atoms with van der Waals surface area (Å²) in [6, 6.07) is 1.52. The molecule has 0 aliphatic carbocycles. The topological polar surface area (TPSA) is 64.3 Å². The molecule has 2 N–H and O–H groups in total. The number of ether oxygens (including phenoxy) is 1. The van der Waals surface area contributed by atoms with E-state index in [0.717, 1.165) is 0 Å². The Morgan fingerprint density at radius 1 is 1.59 bits per heavy atom. The number of rotatable bonds is 2. The maximum atomic E-state index is 13.7. The van der Waals surface area contributed by atoms with Gasteiger partial charge in [-0.2, -0.15) is 4.98 Å². The number of piperidine rings is 1. The molecule has 0 radical (unpaired) electrons. The molecule has 17 heavy (non-hydrogen) atoms. The zero-order chi connectivity index (χ0) is 12.5. The Labute approximate surface area is 97.6 Å². The maximum Gasteiger partial charge on any atom is 0.290 e. The van der Waals surface area contributed by atoms with Gasteiger partial charge in [0.2, 0.25) is 5.95 Å². The molecule has 0 bridgehead atoms. The van der Waals surface area contributed by atoms with Crippen molar-refractivity contribution in [3.63, 3.8) is 0 Å². The van der Waals surface area contributed by atoms with Crippen molar-refractivity contribution < 1.29 is 13.5 Å². The van der Waals surface area contributed by atoms with Crippen molar-refractivity contribution in [3.05, 3.63) is 12.3 Å². The number of hydrogen-bond acceptors (Lipinski definition) is 5. The van der Waals surface area contributed by atoms with Gasteiger partial charge in [0.25, 0.3) is 5.92 Å². The van der Waals surface area contributed by atoms with E-state index in [1.165, 1.54) is 24.3 Å². The van der Waals surface area contributed by atoms with Crippen molar-refractivity contribution in [1.82, 2.24) is 9.97 Å². The monoisotopic (exact) mass is 244 g/mol. The van der Waals surface area contributed by atoms with Crippen LogP contribution in [-0.2, 0) is 4.74 Å². The Morgan fingerprint density at radius 3 is 2.94 bits per heavy atom. The lowest BCUT2D eigenvalue weighted by Gasteiger charge is -2.37. The van der Waals surface area contributed by atoms with Crippen LogP contribution in [0.2, 0.25) is 0 Å². The fraction of sp³-hybridized carbons (Fsp3) is 0.600. The van der Waals surface area contributed by atoms with Crippen molar-refractivity contribution in [2.24, 2.45) is 0 Å². The molecule has 1 fully saturated rings.